The number of rotatable bonds is 3. The maximum Gasteiger partial charge on any atom is 0.322 e. The lowest BCUT2D eigenvalue weighted by Crippen LogP contribution is -2.55. The summed E-state index contributed by atoms with van der Waals surface area (Å²) >= 11 is 0. The van der Waals surface area contributed by atoms with Crippen LogP contribution >= 0.6 is 0 Å². The average Bonchev–Trinajstić information content (AvgIpc) is 2.36. The van der Waals surface area contributed by atoms with E-state index in [1.165, 1.54) is 12.1 Å². The number of hydrogen-bond donors (Lipinski definition) is 2. The third kappa shape index (κ3) is 3.08. The molecule has 6 heteroatoms. The van der Waals surface area contributed by atoms with Gasteiger partial charge in [-0.05, 0) is 24.6 Å². The minimum atomic E-state index is -0.934. The van der Waals surface area contributed by atoms with Gasteiger partial charge in [-0.3, -0.25) is 9.69 Å². The van der Waals surface area contributed by atoms with Crippen LogP contribution in [-0.4, -0.2) is 41.7 Å². The van der Waals surface area contributed by atoms with Crippen molar-refractivity contribution in [3.8, 4) is 0 Å². The molecular formula is C13H16F2N2O2. The van der Waals surface area contributed by atoms with Gasteiger partial charge in [0.15, 0.2) is 0 Å². The van der Waals surface area contributed by atoms with E-state index in [4.69, 9.17) is 0 Å². The fourth-order valence-corrected chi connectivity index (χ4v) is 2.42. The smallest absolute Gasteiger partial charge is 0.322 e. The van der Waals surface area contributed by atoms with Crippen molar-refractivity contribution >= 4 is 5.97 Å². The Kier molecular flexibility index (Phi) is 4.11. The van der Waals surface area contributed by atoms with Crippen LogP contribution in [0.25, 0.3) is 0 Å². The Morgan fingerprint density at radius 2 is 2.05 bits per heavy atom. The fourth-order valence-electron chi connectivity index (χ4n) is 2.42. The highest BCUT2D eigenvalue weighted by atomic mass is 19.1. The molecule has 0 radical (unpaired) electrons. The van der Waals surface area contributed by atoms with Gasteiger partial charge in [0.1, 0.15) is 17.7 Å². The van der Waals surface area contributed by atoms with E-state index in [-0.39, 0.29) is 6.04 Å². The van der Waals surface area contributed by atoms with E-state index in [0.29, 0.717) is 25.2 Å². The highest BCUT2D eigenvalue weighted by Crippen LogP contribution is 2.25. The molecule has 2 unspecified atom stereocenters. The normalized spacial score (nSPS) is 22.2. The molecule has 1 aromatic carbocycles. The van der Waals surface area contributed by atoms with E-state index < -0.39 is 23.6 Å². The second-order valence-electron chi connectivity index (χ2n) is 4.67. The first kappa shape index (κ1) is 13.9. The zero-order chi connectivity index (χ0) is 14.0. The maximum atomic E-state index is 13.2. The molecule has 0 saturated carbocycles. The third-order valence-electron chi connectivity index (χ3n) is 3.43. The van der Waals surface area contributed by atoms with E-state index >= 15 is 0 Å². The van der Waals surface area contributed by atoms with Crippen LogP contribution in [0.3, 0.4) is 0 Å². The molecule has 0 aromatic heterocycles. The molecule has 1 saturated heterocycles. The molecule has 2 atom stereocenters. The summed E-state index contributed by atoms with van der Waals surface area (Å²) < 4.78 is 26.4. The highest BCUT2D eigenvalue weighted by molar-refractivity contribution is 5.74. The van der Waals surface area contributed by atoms with Crippen molar-refractivity contribution in [3.05, 3.63) is 35.4 Å². The average molecular weight is 270 g/mol. The van der Waals surface area contributed by atoms with Gasteiger partial charge >= 0.3 is 5.97 Å². The molecule has 1 heterocycles. The van der Waals surface area contributed by atoms with Crippen LogP contribution in [0.2, 0.25) is 0 Å². The lowest BCUT2D eigenvalue weighted by atomic mass is 10.0. The lowest BCUT2D eigenvalue weighted by molar-refractivity contribution is -0.145. The second kappa shape index (κ2) is 5.63. The SMILES string of the molecule is CC(c1cc(F)cc(F)c1)N1CCNCC1C(=O)O. The Morgan fingerprint density at radius 3 is 2.63 bits per heavy atom. The highest BCUT2D eigenvalue weighted by Gasteiger charge is 2.32. The summed E-state index contributed by atoms with van der Waals surface area (Å²) in [6.07, 6.45) is 0. The molecular weight excluding hydrogens is 254 g/mol. The standard InChI is InChI=1S/C13H16F2N2O2/c1-8(9-4-10(14)6-11(15)5-9)17-3-2-16-7-12(17)13(18)19/h4-6,8,12,16H,2-3,7H2,1H3,(H,18,19). The summed E-state index contributed by atoms with van der Waals surface area (Å²) in [7, 11) is 0. The number of hydrogen-bond acceptors (Lipinski definition) is 3. The molecule has 0 bridgehead atoms. The van der Waals surface area contributed by atoms with Gasteiger partial charge in [0.2, 0.25) is 0 Å². The number of benzene rings is 1. The molecule has 104 valence electrons. The zero-order valence-electron chi connectivity index (χ0n) is 10.6. The van der Waals surface area contributed by atoms with E-state index in [1.54, 1.807) is 11.8 Å². The molecule has 0 amide bonds. The summed E-state index contributed by atoms with van der Waals surface area (Å²) in [5, 5.41) is 12.2. The van der Waals surface area contributed by atoms with Crippen molar-refractivity contribution < 1.29 is 18.7 Å². The Morgan fingerprint density at radius 1 is 1.42 bits per heavy atom. The van der Waals surface area contributed by atoms with Crippen LogP contribution in [0, 0.1) is 11.6 Å². The largest absolute Gasteiger partial charge is 0.480 e. The molecule has 2 N–H and O–H groups in total. The number of piperazine rings is 1. The topological polar surface area (TPSA) is 52.6 Å². The molecule has 2 rings (SSSR count). The first-order valence-corrected chi connectivity index (χ1v) is 6.14. The Bertz CT molecular complexity index is 461. The van der Waals surface area contributed by atoms with E-state index in [1.807, 2.05) is 0 Å². The number of carbonyl (C=O) groups is 1. The van der Waals surface area contributed by atoms with Crippen molar-refractivity contribution in [2.45, 2.75) is 19.0 Å². The van der Waals surface area contributed by atoms with Crippen LogP contribution in [0.1, 0.15) is 18.5 Å². The van der Waals surface area contributed by atoms with Gasteiger partial charge in [-0.15, -0.1) is 0 Å². The molecule has 0 aliphatic carbocycles. The van der Waals surface area contributed by atoms with Crippen molar-refractivity contribution in [2.24, 2.45) is 0 Å². The van der Waals surface area contributed by atoms with Gasteiger partial charge < -0.3 is 10.4 Å². The molecule has 0 spiro atoms. The number of nitrogens with zero attached hydrogens (tertiary/aromatic N) is 1. The fraction of sp³-hybridized carbons (Fsp3) is 0.462. The van der Waals surface area contributed by atoms with E-state index in [2.05, 4.69) is 5.32 Å². The van der Waals surface area contributed by atoms with Crippen molar-refractivity contribution in [2.75, 3.05) is 19.6 Å². The van der Waals surface area contributed by atoms with Gasteiger partial charge in [-0.1, -0.05) is 0 Å². The minimum absolute atomic E-state index is 0.331. The number of aliphatic carboxylic acids is 1. The van der Waals surface area contributed by atoms with Gasteiger partial charge in [0.05, 0.1) is 0 Å². The van der Waals surface area contributed by atoms with Crippen LogP contribution in [-0.2, 0) is 4.79 Å². The van der Waals surface area contributed by atoms with Gasteiger partial charge in [0.25, 0.3) is 0 Å². The summed E-state index contributed by atoms with van der Waals surface area (Å²) in [5.74, 6) is -2.23. The third-order valence-corrected chi connectivity index (χ3v) is 3.43. The predicted octanol–water partition coefficient (Wildman–Crippen LogP) is 1.38. The first-order valence-electron chi connectivity index (χ1n) is 6.14. The lowest BCUT2D eigenvalue weighted by Gasteiger charge is -2.38. The van der Waals surface area contributed by atoms with E-state index in [9.17, 15) is 18.7 Å². The van der Waals surface area contributed by atoms with Crippen molar-refractivity contribution in [1.29, 1.82) is 0 Å². The van der Waals surface area contributed by atoms with Crippen LogP contribution < -0.4 is 5.32 Å². The number of halogens is 2. The Labute approximate surface area is 110 Å². The van der Waals surface area contributed by atoms with Gasteiger partial charge in [-0.2, -0.15) is 0 Å². The van der Waals surface area contributed by atoms with Gasteiger partial charge in [0, 0.05) is 31.7 Å². The molecule has 19 heavy (non-hydrogen) atoms. The van der Waals surface area contributed by atoms with E-state index in [0.717, 1.165) is 6.07 Å². The van der Waals surface area contributed by atoms with Crippen LogP contribution in [0.4, 0.5) is 8.78 Å². The molecule has 1 aromatic rings. The second-order valence-corrected chi connectivity index (χ2v) is 4.67. The molecule has 4 nitrogen and oxygen atoms in total. The summed E-state index contributed by atoms with van der Waals surface area (Å²) in [5.41, 5.74) is 0.450. The van der Waals surface area contributed by atoms with Gasteiger partial charge in [-0.25, -0.2) is 8.78 Å². The first-order chi connectivity index (χ1) is 8.99. The van der Waals surface area contributed by atoms with Crippen LogP contribution in [0.15, 0.2) is 18.2 Å². The monoisotopic (exact) mass is 270 g/mol. The zero-order valence-corrected chi connectivity index (χ0v) is 10.6. The Hall–Kier alpha value is -1.53. The number of carboxylic acids is 1. The Balaban J connectivity index is 2.25. The number of nitrogens with one attached hydrogen (secondary N) is 1. The van der Waals surface area contributed by atoms with Crippen molar-refractivity contribution in [3.63, 3.8) is 0 Å². The number of carboxylic acid groups (broad SMARTS) is 1. The molecule has 1 aliphatic rings. The summed E-state index contributed by atoms with van der Waals surface area (Å²) in [6.45, 7) is 3.27. The van der Waals surface area contributed by atoms with Crippen molar-refractivity contribution in [1.82, 2.24) is 10.2 Å². The summed E-state index contributed by atoms with van der Waals surface area (Å²) in [4.78, 5) is 12.9. The van der Waals surface area contributed by atoms with Crippen LogP contribution in [0.5, 0.6) is 0 Å². The predicted molar refractivity (Wildman–Crippen MR) is 65.8 cm³/mol. The quantitative estimate of drug-likeness (QED) is 0.871. The molecule has 1 aliphatic heterocycles. The minimum Gasteiger partial charge on any atom is -0.480 e. The maximum absolute atomic E-state index is 13.2. The molecule has 1 fully saturated rings. The summed E-state index contributed by atoms with van der Waals surface area (Å²) in [6, 6.07) is 2.26.